The predicted molar refractivity (Wildman–Crippen MR) is 93.7 cm³/mol. The van der Waals surface area contributed by atoms with Crippen LogP contribution in [-0.2, 0) is 13.6 Å². The lowest BCUT2D eigenvalue weighted by atomic mass is 10.2. The van der Waals surface area contributed by atoms with E-state index >= 15 is 0 Å². The number of nitrogens with zero attached hydrogens (tertiary/aromatic N) is 4. The number of imidazole rings is 1. The fraction of sp³-hybridized carbons (Fsp3) is 0.105. The van der Waals surface area contributed by atoms with Gasteiger partial charge in [0.05, 0.1) is 6.54 Å². The van der Waals surface area contributed by atoms with Gasteiger partial charge in [0.25, 0.3) is 0 Å². The lowest BCUT2D eigenvalue weighted by Gasteiger charge is -2.09. The molecule has 0 amide bonds. The second-order valence-corrected chi connectivity index (χ2v) is 5.72. The molecule has 4 rings (SSSR count). The Kier molecular flexibility index (Phi) is 3.46. The molecule has 0 atom stereocenters. The maximum Gasteiger partial charge on any atom is 0.250 e. The first-order valence-electron chi connectivity index (χ1n) is 7.74. The fourth-order valence-electron chi connectivity index (χ4n) is 2.82. The second-order valence-electron chi connectivity index (χ2n) is 5.72. The molecule has 0 unspecified atom stereocenters. The summed E-state index contributed by atoms with van der Waals surface area (Å²) in [5.41, 5.74) is 3.71. The summed E-state index contributed by atoms with van der Waals surface area (Å²) in [7, 11) is 1.74. The van der Waals surface area contributed by atoms with E-state index in [4.69, 9.17) is 4.98 Å². The molecule has 0 aliphatic rings. The van der Waals surface area contributed by atoms with Crippen LogP contribution in [0.3, 0.4) is 0 Å². The molecule has 4 aromatic rings. The van der Waals surface area contributed by atoms with Gasteiger partial charge in [0.1, 0.15) is 11.3 Å². The molecule has 118 valence electrons. The minimum atomic E-state index is -0.0393. The van der Waals surface area contributed by atoms with Crippen molar-refractivity contribution in [1.82, 2.24) is 19.1 Å². The summed E-state index contributed by atoms with van der Waals surface area (Å²) in [4.78, 5) is 20.9. The molecule has 0 aliphatic carbocycles. The lowest BCUT2D eigenvalue weighted by Crippen LogP contribution is -2.14. The Morgan fingerprint density at radius 3 is 2.62 bits per heavy atom. The van der Waals surface area contributed by atoms with Gasteiger partial charge in [-0.05, 0) is 23.8 Å². The molecular weight excluding hydrogens is 300 g/mol. The minimum Gasteiger partial charge on any atom is -0.318 e. The minimum absolute atomic E-state index is 0.0393. The number of benzene rings is 1. The molecule has 0 fully saturated rings. The molecule has 0 spiro atoms. The SMILES string of the molecule is Cn1cc(-c2nc3cccnc3n2Cc2ccccc2)ccc1=O. The highest BCUT2D eigenvalue weighted by Gasteiger charge is 2.14. The van der Waals surface area contributed by atoms with Gasteiger partial charge in [-0.2, -0.15) is 0 Å². The molecule has 5 heteroatoms. The third-order valence-corrected chi connectivity index (χ3v) is 4.03. The molecule has 0 bridgehead atoms. The third kappa shape index (κ3) is 2.50. The lowest BCUT2D eigenvalue weighted by molar-refractivity contribution is 0.815. The highest BCUT2D eigenvalue weighted by molar-refractivity contribution is 5.77. The molecule has 0 aliphatic heterocycles. The zero-order valence-corrected chi connectivity index (χ0v) is 13.3. The summed E-state index contributed by atoms with van der Waals surface area (Å²) >= 11 is 0. The zero-order chi connectivity index (χ0) is 16.5. The Labute approximate surface area is 138 Å². The summed E-state index contributed by atoms with van der Waals surface area (Å²) < 4.78 is 3.65. The highest BCUT2D eigenvalue weighted by atomic mass is 16.1. The summed E-state index contributed by atoms with van der Waals surface area (Å²) in [5, 5.41) is 0. The number of hydrogen-bond acceptors (Lipinski definition) is 3. The maximum absolute atomic E-state index is 11.7. The van der Waals surface area contributed by atoms with Crippen LogP contribution in [0.15, 0.2) is 71.8 Å². The molecule has 0 saturated heterocycles. The van der Waals surface area contributed by atoms with Crippen LogP contribution in [0.1, 0.15) is 5.56 Å². The first kappa shape index (κ1) is 14.4. The van der Waals surface area contributed by atoms with Crippen LogP contribution in [0, 0.1) is 0 Å². The largest absolute Gasteiger partial charge is 0.318 e. The fourth-order valence-corrected chi connectivity index (χ4v) is 2.82. The van der Waals surface area contributed by atoms with Gasteiger partial charge in [-0.15, -0.1) is 0 Å². The van der Waals surface area contributed by atoms with Crippen molar-refractivity contribution in [2.75, 3.05) is 0 Å². The summed E-state index contributed by atoms with van der Waals surface area (Å²) in [5.74, 6) is 0.808. The second kappa shape index (κ2) is 5.77. The van der Waals surface area contributed by atoms with Crippen LogP contribution >= 0.6 is 0 Å². The monoisotopic (exact) mass is 316 g/mol. The van der Waals surface area contributed by atoms with Crippen LogP contribution < -0.4 is 5.56 Å². The van der Waals surface area contributed by atoms with Crippen LogP contribution in [0.5, 0.6) is 0 Å². The van der Waals surface area contributed by atoms with Gasteiger partial charge in [-0.25, -0.2) is 9.97 Å². The van der Waals surface area contributed by atoms with Gasteiger partial charge in [-0.1, -0.05) is 30.3 Å². The van der Waals surface area contributed by atoms with Gasteiger partial charge >= 0.3 is 0 Å². The quantitative estimate of drug-likeness (QED) is 0.584. The first-order valence-corrected chi connectivity index (χ1v) is 7.74. The number of aromatic nitrogens is 4. The topological polar surface area (TPSA) is 52.7 Å². The normalized spacial score (nSPS) is 11.0. The van der Waals surface area contributed by atoms with E-state index in [-0.39, 0.29) is 5.56 Å². The van der Waals surface area contributed by atoms with Gasteiger partial charge in [0.15, 0.2) is 5.65 Å². The molecule has 0 N–H and O–H groups in total. The van der Waals surface area contributed by atoms with Gasteiger partial charge < -0.3 is 9.13 Å². The smallest absolute Gasteiger partial charge is 0.250 e. The van der Waals surface area contributed by atoms with E-state index in [9.17, 15) is 4.79 Å². The standard InChI is InChI=1S/C19H16N4O/c1-22-13-15(9-10-17(22)24)18-21-16-8-5-11-20-19(16)23(18)12-14-6-3-2-4-7-14/h2-11,13H,12H2,1H3. The molecule has 0 radical (unpaired) electrons. The summed E-state index contributed by atoms with van der Waals surface area (Å²) in [6.45, 7) is 0.673. The molecule has 1 aromatic carbocycles. The third-order valence-electron chi connectivity index (χ3n) is 4.03. The number of pyridine rings is 2. The van der Waals surface area contributed by atoms with Crippen LogP contribution in [0.2, 0.25) is 0 Å². The van der Waals surface area contributed by atoms with Crippen molar-refractivity contribution in [2.24, 2.45) is 7.05 Å². The summed E-state index contributed by atoms with van der Waals surface area (Å²) in [6.07, 6.45) is 3.58. The first-order chi connectivity index (χ1) is 11.7. The van der Waals surface area contributed by atoms with Crippen molar-refractivity contribution in [1.29, 1.82) is 0 Å². The van der Waals surface area contributed by atoms with Crippen molar-refractivity contribution < 1.29 is 0 Å². The average molecular weight is 316 g/mol. The average Bonchev–Trinajstić information content (AvgIpc) is 2.97. The molecule has 0 saturated carbocycles. The van der Waals surface area contributed by atoms with E-state index in [1.807, 2.05) is 42.6 Å². The van der Waals surface area contributed by atoms with Gasteiger partial charge in [-0.3, -0.25) is 4.79 Å². The van der Waals surface area contributed by atoms with Crippen LogP contribution in [-0.4, -0.2) is 19.1 Å². The number of fused-ring (bicyclic) bond motifs is 1. The van der Waals surface area contributed by atoms with E-state index in [0.717, 1.165) is 22.6 Å². The van der Waals surface area contributed by atoms with E-state index in [0.29, 0.717) is 6.54 Å². The van der Waals surface area contributed by atoms with Crippen molar-refractivity contribution in [3.05, 3.63) is 82.9 Å². The van der Waals surface area contributed by atoms with E-state index in [1.54, 1.807) is 23.9 Å². The van der Waals surface area contributed by atoms with Crippen molar-refractivity contribution in [3.8, 4) is 11.4 Å². The Bertz CT molecular complexity index is 1060. The number of aryl methyl sites for hydroxylation is 1. The van der Waals surface area contributed by atoms with E-state index < -0.39 is 0 Å². The van der Waals surface area contributed by atoms with E-state index in [1.165, 1.54) is 5.56 Å². The zero-order valence-electron chi connectivity index (χ0n) is 13.3. The maximum atomic E-state index is 11.7. The predicted octanol–water partition coefficient (Wildman–Crippen LogP) is 2.85. The summed E-state index contributed by atoms with van der Waals surface area (Å²) in [6, 6.07) is 17.4. The Morgan fingerprint density at radius 1 is 1.00 bits per heavy atom. The molecule has 24 heavy (non-hydrogen) atoms. The Hall–Kier alpha value is -3.21. The van der Waals surface area contributed by atoms with Gasteiger partial charge in [0.2, 0.25) is 5.56 Å². The van der Waals surface area contributed by atoms with Gasteiger partial charge in [0, 0.05) is 31.1 Å². The number of rotatable bonds is 3. The molecule has 3 heterocycles. The van der Waals surface area contributed by atoms with Crippen LogP contribution in [0.25, 0.3) is 22.6 Å². The molecule has 5 nitrogen and oxygen atoms in total. The highest BCUT2D eigenvalue weighted by Crippen LogP contribution is 2.24. The van der Waals surface area contributed by atoms with Crippen molar-refractivity contribution in [2.45, 2.75) is 6.54 Å². The Balaban J connectivity index is 1.92. The molecular formula is C19H16N4O. The Morgan fingerprint density at radius 2 is 1.83 bits per heavy atom. The van der Waals surface area contributed by atoms with Crippen molar-refractivity contribution in [3.63, 3.8) is 0 Å². The molecule has 3 aromatic heterocycles. The van der Waals surface area contributed by atoms with Crippen molar-refractivity contribution >= 4 is 11.2 Å². The number of hydrogen-bond donors (Lipinski definition) is 0. The van der Waals surface area contributed by atoms with Crippen LogP contribution in [0.4, 0.5) is 0 Å². The van der Waals surface area contributed by atoms with E-state index in [2.05, 4.69) is 21.7 Å².